The fourth-order valence-corrected chi connectivity index (χ4v) is 4.22. The molecule has 1 aliphatic heterocycles. The number of nitrogens with zero attached hydrogens (tertiary/aromatic N) is 1. The van der Waals surface area contributed by atoms with Crippen molar-refractivity contribution in [3.05, 3.63) is 53.6 Å². The number of amides is 2. The summed E-state index contributed by atoms with van der Waals surface area (Å²) in [4.78, 5) is 12.1. The predicted molar refractivity (Wildman–Crippen MR) is 96.3 cm³/mol. The van der Waals surface area contributed by atoms with E-state index < -0.39 is 16.1 Å². The van der Waals surface area contributed by atoms with Gasteiger partial charge in [0.15, 0.2) is 0 Å². The van der Waals surface area contributed by atoms with Crippen molar-refractivity contribution >= 4 is 44.7 Å². The van der Waals surface area contributed by atoms with Gasteiger partial charge in [0.1, 0.15) is 0 Å². The second-order valence-electron chi connectivity index (χ2n) is 5.35. The van der Waals surface area contributed by atoms with Crippen molar-refractivity contribution in [2.75, 3.05) is 27.2 Å². The molecule has 1 fully saturated rings. The second-order valence-corrected chi connectivity index (χ2v) is 7.77. The van der Waals surface area contributed by atoms with E-state index in [1.807, 2.05) is 6.07 Å². The Morgan fingerprint density at radius 2 is 1.83 bits per heavy atom. The van der Waals surface area contributed by atoms with E-state index in [9.17, 15) is 13.2 Å². The molecule has 6 nitrogen and oxygen atoms in total. The van der Waals surface area contributed by atoms with Gasteiger partial charge < -0.3 is 10.6 Å². The Bertz CT molecular complexity index is 856. The standard InChI is InChI=1S/C16H16ClN3O3S/c17-14-8-7-13(20-9-4-10-24(20,22)23)11-15(14)19-16(21)18-12-5-2-1-3-6-12/h1-3,5-8,11H,4,9-10H2,(H2,18,19,21). The highest BCUT2D eigenvalue weighted by molar-refractivity contribution is 7.93. The van der Waals surface area contributed by atoms with Gasteiger partial charge in [0, 0.05) is 12.2 Å². The molecule has 0 aromatic heterocycles. The van der Waals surface area contributed by atoms with Crippen LogP contribution >= 0.6 is 11.6 Å². The van der Waals surface area contributed by atoms with Gasteiger partial charge in [0.2, 0.25) is 10.0 Å². The van der Waals surface area contributed by atoms with E-state index >= 15 is 0 Å². The van der Waals surface area contributed by atoms with Gasteiger partial charge >= 0.3 is 6.03 Å². The second kappa shape index (κ2) is 6.70. The molecule has 126 valence electrons. The van der Waals surface area contributed by atoms with Gasteiger partial charge in [-0.2, -0.15) is 0 Å². The molecule has 2 amide bonds. The van der Waals surface area contributed by atoms with Gasteiger partial charge in [-0.05, 0) is 36.8 Å². The van der Waals surface area contributed by atoms with E-state index in [1.165, 1.54) is 4.31 Å². The van der Waals surface area contributed by atoms with Crippen LogP contribution in [0, 0.1) is 0 Å². The largest absolute Gasteiger partial charge is 0.323 e. The molecule has 24 heavy (non-hydrogen) atoms. The molecule has 1 heterocycles. The minimum absolute atomic E-state index is 0.132. The lowest BCUT2D eigenvalue weighted by atomic mass is 10.2. The molecule has 2 aromatic carbocycles. The summed E-state index contributed by atoms with van der Waals surface area (Å²) in [5, 5.41) is 5.66. The van der Waals surface area contributed by atoms with Crippen molar-refractivity contribution in [1.29, 1.82) is 0 Å². The van der Waals surface area contributed by atoms with Gasteiger partial charge in [0.05, 0.1) is 22.2 Å². The summed E-state index contributed by atoms with van der Waals surface area (Å²) < 4.78 is 25.4. The van der Waals surface area contributed by atoms with Crippen LogP contribution in [-0.2, 0) is 10.0 Å². The van der Waals surface area contributed by atoms with Crippen LogP contribution in [0.2, 0.25) is 5.02 Å². The van der Waals surface area contributed by atoms with Crippen LogP contribution in [0.25, 0.3) is 0 Å². The van der Waals surface area contributed by atoms with Crippen LogP contribution in [0.3, 0.4) is 0 Å². The smallest absolute Gasteiger partial charge is 0.308 e. The minimum Gasteiger partial charge on any atom is -0.308 e. The first-order valence-corrected chi connectivity index (χ1v) is 9.37. The Hall–Kier alpha value is -2.25. The summed E-state index contributed by atoms with van der Waals surface area (Å²) in [7, 11) is -3.28. The van der Waals surface area contributed by atoms with Crippen LogP contribution in [0.4, 0.5) is 21.9 Å². The lowest BCUT2D eigenvalue weighted by molar-refractivity contribution is 0.262. The highest BCUT2D eigenvalue weighted by Crippen LogP contribution is 2.31. The van der Waals surface area contributed by atoms with Crippen molar-refractivity contribution in [2.45, 2.75) is 6.42 Å². The van der Waals surface area contributed by atoms with Gasteiger partial charge in [-0.25, -0.2) is 13.2 Å². The number of sulfonamides is 1. The Kier molecular flexibility index (Phi) is 4.64. The molecule has 0 aliphatic carbocycles. The summed E-state index contributed by atoms with van der Waals surface area (Å²) >= 11 is 6.11. The molecule has 0 radical (unpaired) electrons. The quantitative estimate of drug-likeness (QED) is 0.873. The lowest BCUT2D eigenvalue weighted by Gasteiger charge is -2.18. The van der Waals surface area contributed by atoms with E-state index in [0.29, 0.717) is 35.1 Å². The number of rotatable bonds is 3. The highest BCUT2D eigenvalue weighted by Gasteiger charge is 2.28. The summed E-state index contributed by atoms with van der Waals surface area (Å²) in [6.07, 6.45) is 0.586. The van der Waals surface area contributed by atoms with Crippen LogP contribution in [0.5, 0.6) is 0 Å². The average Bonchev–Trinajstić information content (AvgIpc) is 2.90. The summed E-state index contributed by atoms with van der Waals surface area (Å²) in [5.74, 6) is 0.132. The Labute approximate surface area is 145 Å². The summed E-state index contributed by atoms with van der Waals surface area (Å²) in [5.41, 5.74) is 1.49. The van der Waals surface area contributed by atoms with E-state index in [1.54, 1.807) is 42.5 Å². The fourth-order valence-electron chi connectivity index (χ4n) is 2.50. The zero-order chi connectivity index (χ0) is 17.2. The topological polar surface area (TPSA) is 78.5 Å². The lowest BCUT2D eigenvalue weighted by Crippen LogP contribution is -2.25. The van der Waals surface area contributed by atoms with Crippen LogP contribution < -0.4 is 14.9 Å². The van der Waals surface area contributed by atoms with Crippen LogP contribution in [0.15, 0.2) is 48.5 Å². The molecular weight excluding hydrogens is 350 g/mol. The molecule has 2 N–H and O–H groups in total. The number of carbonyl (C=O) groups is 1. The average molecular weight is 366 g/mol. The summed E-state index contributed by atoms with van der Waals surface area (Å²) in [6, 6.07) is 13.3. The number of nitrogens with one attached hydrogen (secondary N) is 2. The molecular formula is C16H16ClN3O3S. The van der Waals surface area contributed by atoms with Crippen LogP contribution in [-0.4, -0.2) is 26.7 Å². The van der Waals surface area contributed by atoms with E-state index in [-0.39, 0.29) is 5.75 Å². The number of anilines is 3. The van der Waals surface area contributed by atoms with Gasteiger partial charge in [0.25, 0.3) is 0 Å². The third-order valence-electron chi connectivity index (χ3n) is 3.62. The van der Waals surface area contributed by atoms with E-state index in [2.05, 4.69) is 10.6 Å². The molecule has 8 heteroatoms. The van der Waals surface area contributed by atoms with Crippen LogP contribution in [0.1, 0.15) is 6.42 Å². The normalized spacial score (nSPS) is 16.0. The molecule has 1 saturated heterocycles. The molecule has 0 atom stereocenters. The fraction of sp³-hybridized carbons (Fsp3) is 0.188. The maximum absolute atomic E-state index is 12.1. The number of hydrogen-bond acceptors (Lipinski definition) is 3. The van der Waals surface area contributed by atoms with E-state index in [0.717, 1.165) is 0 Å². The van der Waals surface area contributed by atoms with Crippen molar-refractivity contribution in [1.82, 2.24) is 0 Å². The molecule has 0 spiro atoms. The highest BCUT2D eigenvalue weighted by atomic mass is 35.5. The Morgan fingerprint density at radius 3 is 2.50 bits per heavy atom. The monoisotopic (exact) mass is 365 g/mol. The Morgan fingerprint density at radius 1 is 1.08 bits per heavy atom. The number of halogens is 1. The number of urea groups is 1. The van der Waals surface area contributed by atoms with Gasteiger partial charge in [-0.15, -0.1) is 0 Å². The number of para-hydroxylation sites is 1. The maximum Gasteiger partial charge on any atom is 0.323 e. The SMILES string of the molecule is O=C(Nc1ccccc1)Nc1cc(N2CCCS2(=O)=O)ccc1Cl. The number of benzene rings is 2. The van der Waals surface area contributed by atoms with Crippen molar-refractivity contribution in [2.24, 2.45) is 0 Å². The first kappa shape index (κ1) is 16.6. The van der Waals surface area contributed by atoms with Gasteiger partial charge in [-0.3, -0.25) is 4.31 Å². The predicted octanol–water partition coefficient (Wildman–Crippen LogP) is 3.52. The van der Waals surface area contributed by atoms with E-state index in [4.69, 9.17) is 11.6 Å². The molecule has 0 bridgehead atoms. The summed E-state index contributed by atoms with van der Waals surface area (Å²) in [6.45, 7) is 0.430. The molecule has 2 aromatic rings. The maximum atomic E-state index is 12.1. The third-order valence-corrected chi connectivity index (χ3v) is 5.82. The zero-order valence-corrected chi connectivity index (χ0v) is 14.3. The molecule has 0 unspecified atom stereocenters. The number of carbonyl (C=O) groups excluding carboxylic acids is 1. The minimum atomic E-state index is -3.28. The molecule has 3 rings (SSSR count). The number of hydrogen-bond donors (Lipinski definition) is 2. The third kappa shape index (κ3) is 3.63. The molecule has 0 saturated carbocycles. The first-order chi connectivity index (χ1) is 11.5. The van der Waals surface area contributed by atoms with Crippen molar-refractivity contribution < 1.29 is 13.2 Å². The van der Waals surface area contributed by atoms with Crippen molar-refractivity contribution in [3.63, 3.8) is 0 Å². The first-order valence-electron chi connectivity index (χ1n) is 7.39. The molecule has 1 aliphatic rings. The zero-order valence-electron chi connectivity index (χ0n) is 12.7. The van der Waals surface area contributed by atoms with Gasteiger partial charge in [-0.1, -0.05) is 29.8 Å². The van der Waals surface area contributed by atoms with Crippen molar-refractivity contribution in [3.8, 4) is 0 Å². The Balaban J connectivity index is 1.78.